The largest absolute Gasteiger partial charge is 0.478 e. The summed E-state index contributed by atoms with van der Waals surface area (Å²) in [5, 5.41) is 8.96. The standard InChI is InChI=1S/C16H22N2O5/c1-16(2,3)23-15(21)18-8-5-12(6-9-18)22-13-10-11(14(19)20)4-7-17-13/h4,7,10,12H,5-6,8-9H2,1-3H3,(H,19,20). The number of piperidine rings is 1. The molecule has 7 nitrogen and oxygen atoms in total. The Morgan fingerprint density at radius 1 is 1.30 bits per heavy atom. The summed E-state index contributed by atoms with van der Waals surface area (Å²) in [6, 6.07) is 2.82. The Hall–Kier alpha value is -2.31. The molecule has 0 aliphatic carbocycles. The van der Waals surface area contributed by atoms with Gasteiger partial charge in [0.2, 0.25) is 5.88 Å². The van der Waals surface area contributed by atoms with Crippen LogP contribution in [0.3, 0.4) is 0 Å². The number of amides is 1. The third-order valence-corrected chi connectivity index (χ3v) is 3.36. The molecule has 0 aromatic carbocycles. The third kappa shape index (κ3) is 5.12. The van der Waals surface area contributed by atoms with Crippen LogP contribution in [-0.2, 0) is 4.74 Å². The molecule has 1 aromatic heterocycles. The van der Waals surface area contributed by atoms with Crippen LogP contribution in [-0.4, -0.2) is 51.8 Å². The molecule has 1 amide bonds. The number of carbonyl (C=O) groups excluding carboxylic acids is 1. The number of pyridine rings is 1. The first kappa shape index (κ1) is 17.1. The van der Waals surface area contributed by atoms with Crippen molar-refractivity contribution in [3.8, 4) is 5.88 Å². The lowest BCUT2D eigenvalue weighted by molar-refractivity contribution is 0.0122. The SMILES string of the molecule is CC(C)(C)OC(=O)N1CCC(Oc2cc(C(=O)O)ccn2)CC1. The van der Waals surface area contributed by atoms with Crippen molar-refractivity contribution in [1.29, 1.82) is 0 Å². The van der Waals surface area contributed by atoms with Gasteiger partial charge in [0.05, 0.1) is 5.56 Å². The van der Waals surface area contributed by atoms with Gasteiger partial charge in [0.15, 0.2) is 0 Å². The quantitative estimate of drug-likeness (QED) is 0.920. The maximum Gasteiger partial charge on any atom is 0.410 e. The Morgan fingerprint density at radius 2 is 1.96 bits per heavy atom. The average Bonchev–Trinajstić information content (AvgIpc) is 2.46. The molecule has 126 valence electrons. The molecule has 1 fully saturated rings. The molecule has 1 aromatic rings. The van der Waals surface area contributed by atoms with Gasteiger partial charge in [0.1, 0.15) is 11.7 Å². The first-order chi connectivity index (χ1) is 10.7. The van der Waals surface area contributed by atoms with Crippen molar-refractivity contribution < 1.29 is 24.2 Å². The zero-order valence-electron chi connectivity index (χ0n) is 13.6. The second-order valence-electron chi connectivity index (χ2n) is 6.47. The van der Waals surface area contributed by atoms with Gasteiger partial charge in [0.25, 0.3) is 0 Å². The van der Waals surface area contributed by atoms with Gasteiger partial charge in [-0.15, -0.1) is 0 Å². The molecule has 2 heterocycles. The minimum atomic E-state index is -1.02. The highest BCUT2D eigenvalue weighted by atomic mass is 16.6. The van der Waals surface area contributed by atoms with Crippen molar-refractivity contribution in [3.05, 3.63) is 23.9 Å². The van der Waals surface area contributed by atoms with Crippen molar-refractivity contribution in [1.82, 2.24) is 9.88 Å². The third-order valence-electron chi connectivity index (χ3n) is 3.36. The molecule has 23 heavy (non-hydrogen) atoms. The predicted octanol–water partition coefficient (Wildman–Crippen LogP) is 2.56. The molecule has 2 rings (SSSR count). The van der Waals surface area contributed by atoms with Crippen LogP contribution < -0.4 is 4.74 Å². The fraction of sp³-hybridized carbons (Fsp3) is 0.562. The van der Waals surface area contributed by atoms with Gasteiger partial charge in [0, 0.05) is 38.2 Å². The summed E-state index contributed by atoms with van der Waals surface area (Å²) < 4.78 is 11.1. The monoisotopic (exact) mass is 322 g/mol. The van der Waals surface area contributed by atoms with Crippen LogP contribution in [0.4, 0.5) is 4.79 Å². The lowest BCUT2D eigenvalue weighted by Gasteiger charge is -2.33. The Balaban J connectivity index is 1.86. The minimum absolute atomic E-state index is 0.0924. The van der Waals surface area contributed by atoms with E-state index in [1.165, 1.54) is 18.3 Å². The summed E-state index contributed by atoms with van der Waals surface area (Å²) in [5.41, 5.74) is -0.368. The van der Waals surface area contributed by atoms with Gasteiger partial charge in [-0.25, -0.2) is 14.6 Å². The average molecular weight is 322 g/mol. The molecule has 0 radical (unpaired) electrons. The predicted molar refractivity (Wildman–Crippen MR) is 82.7 cm³/mol. The number of hydrogen-bond donors (Lipinski definition) is 1. The summed E-state index contributed by atoms with van der Waals surface area (Å²) in [5.74, 6) is -0.724. The Bertz CT molecular complexity index is 574. The number of carboxylic acid groups (broad SMARTS) is 1. The van der Waals surface area contributed by atoms with E-state index in [1.54, 1.807) is 4.90 Å². The van der Waals surface area contributed by atoms with Crippen LogP contribution in [0.5, 0.6) is 5.88 Å². The van der Waals surface area contributed by atoms with Gasteiger partial charge < -0.3 is 19.5 Å². The van der Waals surface area contributed by atoms with Crippen molar-refractivity contribution in [2.75, 3.05) is 13.1 Å². The molecule has 1 N–H and O–H groups in total. The van der Waals surface area contributed by atoms with E-state index in [9.17, 15) is 9.59 Å². The lowest BCUT2D eigenvalue weighted by Crippen LogP contribution is -2.44. The van der Waals surface area contributed by atoms with Crippen molar-refractivity contribution >= 4 is 12.1 Å². The molecule has 0 saturated carbocycles. The number of rotatable bonds is 3. The smallest absolute Gasteiger partial charge is 0.410 e. The number of aromatic carboxylic acids is 1. The van der Waals surface area contributed by atoms with Crippen LogP contribution in [0.25, 0.3) is 0 Å². The first-order valence-electron chi connectivity index (χ1n) is 7.58. The van der Waals surface area contributed by atoms with Gasteiger partial charge in [-0.2, -0.15) is 0 Å². The van der Waals surface area contributed by atoms with Crippen molar-refractivity contribution in [2.45, 2.75) is 45.3 Å². The Kier molecular flexibility index (Phi) is 5.08. The highest BCUT2D eigenvalue weighted by molar-refractivity contribution is 5.87. The number of ether oxygens (including phenoxy) is 2. The second kappa shape index (κ2) is 6.85. The topological polar surface area (TPSA) is 89.0 Å². The number of hydrogen-bond acceptors (Lipinski definition) is 5. The summed E-state index contributed by atoms with van der Waals surface area (Å²) >= 11 is 0. The van der Waals surface area contributed by atoms with E-state index in [4.69, 9.17) is 14.6 Å². The van der Waals surface area contributed by atoms with Gasteiger partial charge >= 0.3 is 12.1 Å². The lowest BCUT2D eigenvalue weighted by atomic mass is 10.1. The number of likely N-dealkylation sites (tertiary alicyclic amines) is 1. The zero-order valence-corrected chi connectivity index (χ0v) is 13.6. The summed E-state index contributed by atoms with van der Waals surface area (Å²) in [6.07, 6.45) is 2.30. The van der Waals surface area contributed by atoms with Crippen molar-refractivity contribution in [2.24, 2.45) is 0 Å². The van der Waals surface area contributed by atoms with E-state index >= 15 is 0 Å². The highest BCUT2D eigenvalue weighted by Gasteiger charge is 2.27. The molecule has 1 aliphatic heterocycles. The van der Waals surface area contributed by atoms with Gasteiger partial charge in [-0.1, -0.05) is 0 Å². The minimum Gasteiger partial charge on any atom is -0.478 e. The second-order valence-corrected chi connectivity index (χ2v) is 6.47. The molecule has 0 spiro atoms. The molecule has 7 heteroatoms. The zero-order chi connectivity index (χ0) is 17.0. The fourth-order valence-electron chi connectivity index (χ4n) is 2.26. The molecule has 0 unspecified atom stereocenters. The first-order valence-corrected chi connectivity index (χ1v) is 7.58. The van der Waals surface area contributed by atoms with E-state index < -0.39 is 11.6 Å². The molecule has 0 bridgehead atoms. The van der Waals surface area contributed by atoms with E-state index in [0.29, 0.717) is 31.8 Å². The van der Waals surface area contributed by atoms with E-state index in [1.807, 2.05) is 20.8 Å². The fourth-order valence-corrected chi connectivity index (χ4v) is 2.26. The number of carboxylic acids is 1. The van der Waals surface area contributed by atoms with E-state index in [2.05, 4.69) is 4.98 Å². The van der Waals surface area contributed by atoms with Crippen LogP contribution in [0, 0.1) is 0 Å². The molecular formula is C16H22N2O5. The van der Waals surface area contributed by atoms with Crippen LogP contribution >= 0.6 is 0 Å². The maximum atomic E-state index is 12.0. The van der Waals surface area contributed by atoms with Gasteiger partial charge in [-0.3, -0.25) is 0 Å². The summed E-state index contributed by atoms with van der Waals surface area (Å²) in [7, 11) is 0. The van der Waals surface area contributed by atoms with Crippen LogP contribution in [0.1, 0.15) is 44.0 Å². The molecule has 0 atom stereocenters. The number of aromatic nitrogens is 1. The highest BCUT2D eigenvalue weighted by Crippen LogP contribution is 2.20. The van der Waals surface area contributed by atoms with Crippen LogP contribution in [0.2, 0.25) is 0 Å². The Labute approximate surface area is 135 Å². The number of nitrogens with zero attached hydrogens (tertiary/aromatic N) is 2. The maximum absolute atomic E-state index is 12.0. The van der Waals surface area contributed by atoms with Gasteiger partial charge in [-0.05, 0) is 26.8 Å². The van der Waals surface area contributed by atoms with Crippen molar-refractivity contribution in [3.63, 3.8) is 0 Å². The normalized spacial score (nSPS) is 16.0. The molecular weight excluding hydrogens is 300 g/mol. The molecule has 1 aliphatic rings. The molecule has 1 saturated heterocycles. The number of carbonyl (C=O) groups is 2. The summed E-state index contributed by atoms with van der Waals surface area (Å²) in [4.78, 5) is 28.6. The van der Waals surface area contributed by atoms with Crippen LogP contribution in [0.15, 0.2) is 18.3 Å². The Morgan fingerprint density at radius 3 is 2.52 bits per heavy atom. The van der Waals surface area contributed by atoms with E-state index in [0.717, 1.165) is 0 Å². The summed E-state index contributed by atoms with van der Waals surface area (Å²) in [6.45, 7) is 6.59. The van der Waals surface area contributed by atoms with E-state index in [-0.39, 0.29) is 17.8 Å².